The van der Waals surface area contributed by atoms with Gasteiger partial charge in [-0.1, -0.05) is 0 Å². The zero-order chi connectivity index (χ0) is 10.7. The van der Waals surface area contributed by atoms with Gasteiger partial charge in [0.25, 0.3) is 0 Å². The predicted molar refractivity (Wildman–Crippen MR) is 51.1 cm³/mol. The summed E-state index contributed by atoms with van der Waals surface area (Å²) >= 11 is 0. The van der Waals surface area contributed by atoms with Crippen LogP contribution in [0.15, 0.2) is 12.1 Å². The van der Waals surface area contributed by atoms with Gasteiger partial charge in [0.2, 0.25) is 0 Å². The van der Waals surface area contributed by atoms with E-state index in [1.807, 2.05) is 0 Å². The maximum absolute atomic E-state index is 13.1. The molecule has 14 heavy (non-hydrogen) atoms. The molecule has 0 aliphatic carbocycles. The summed E-state index contributed by atoms with van der Waals surface area (Å²) in [5.74, 6) is -0.400. The highest BCUT2D eigenvalue weighted by Crippen LogP contribution is 2.22. The standard InChI is InChI=1S/C10H12FNO2/c1-6-3-10(14-2)7(4-8(6)11)9(13)5-12/h3-4H,5,12H2,1-2H3. The Bertz CT molecular complexity index is 363. The van der Waals surface area contributed by atoms with E-state index in [-0.39, 0.29) is 17.9 Å². The number of benzene rings is 1. The summed E-state index contributed by atoms with van der Waals surface area (Å²) in [5, 5.41) is 0. The van der Waals surface area contributed by atoms with E-state index in [0.717, 1.165) is 6.07 Å². The Morgan fingerprint density at radius 3 is 2.71 bits per heavy atom. The molecule has 0 spiro atoms. The number of ketones is 1. The van der Waals surface area contributed by atoms with Gasteiger partial charge in [-0.3, -0.25) is 4.79 Å². The molecule has 76 valence electrons. The molecule has 0 bridgehead atoms. The van der Waals surface area contributed by atoms with Crippen LogP contribution in [-0.2, 0) is 0 Å². The van der Waals surface area contributed by atoms with Crippen LogP contribution in [0.25, 0.3) is 0 Å². The third-order valence-electron chi connectivity index (χ3n) is 1.97. The minimum atomic E-state index is -0.428. The number of methoxy groups -OCH3 is 1. The first kappa shape index (κ1) is 10.7. The third kappa shape index (κ3) is 1.90. The fourth-order valence-electron chi connectivity index (χ4n) is 1.15. The van der Waals surface area contributed by atoms with E-state index in [1.165, 1.54) is 13.2 Å². The van der Waals surface area contributed by atoms with Gasteiger partial charge in [0, 0.05) is 0 Å². The van der Waals surface area contributed by atoms with Gasteiger partial charge in [-0.05, 0) is 24.6 Å². The summed E-state index contributed by atoms with van der Waals surface area (Å²) in [6, 6.07) is 2.64. The van der Waals surface area contributed by atoms with E-state index in [0.29, 0.717) is 11.3 Å². The number of Topliss-reactive ketones (excluding diaryl/α,β-unsaturated/α-hetero) is 1. The zero-order valence-electron chi connectivity index (χ0n) is 8.13. The van der Waals surface area contributed by atoms with Crippen molar-refractivity contribution >= 4 is 5.78 Å². The maximum atomic E-state index is 13.1. The lowest BCUT2D eigenvalue weighted by Crippen LogP contribution is -2.15. The van der Waals surface area contributed by atoms with Crippen molar-refractivity contribution in [1.82, 2.24) is 0 Å². The second-order valence-corrected chi connectivity index (χ2v) is 2.93. The predicted octanol–water partition coefficient (Wildman–Crippen LogP) is 1.28. The number of nitrogens with two attached hydrogens (primary N) is 1. The Kier molecular flexibility index (Phi) is 3.19. The largest absolute Gasteiger partial charge is 0.496 e. The van der Waals surface area contributed by atoms with E-state index in [2.05, 4.69) is 0 Å². The summed E-state index contributed by atoms with van der Waals surface area (Å²) < 4.78 is 18.1. The molecule has 1 aromatic carbocycles. The molecule has 0 fully saturated rings. The second kappa shape index (κ2) is 4.19. The Morgan fingerprint density at radius 1 is 1.57 bits per heavy atom. The zero-order valence-corrected chi connectivity index (χ0v) is 8.13. The summed E-state index contributed by atoms with van der Waals surface area (Å²) in [7, 11) is 1.43. The van der Waals surface area contributed by atoms with Gasteiger partial charge in [0.1, 0.15) is 11.6 Å². The average molecular weight is 197 g/mol. The quantitative estimate of drug-likeness (QED) is 0.743. The lowest BCUT2D eigenvalue weighted by atomic mass is 10.1. The molecule has 4 heteroatoms. The topological polar surface area (TPSA) is 52.3 Å². The minimum absolute atomic E-state index is 0.154. The summed E-state index contributed by atoms with van der Waals surface area (Å²) in [6.07, 6.45) is 0. The van der Waals surface area contributed by atoms with Crippen LogP contribution in [0.1, 0.15) is 15.9 Å². The first-order valence-electron chi connectivity index (χ1n) is 4.17. The molecule has 0 aliphatic heterocycles. The molecule has 3 nitrogen and oxygen atoms in total. The fourth-order valence-corrected chi connectivity index (χ4v) is 1.15. The number of rotatable bonds is 3. The first-order chi connectivity index (χ1) is 6.60. The summed E-state index contributed by atoms with van der Waals surface area (Å²) in [4.78, 5) is 11.3. The molecule has 0 aliphatic rings. The molecule has 2 N–H and O–H groups in total. The van der Waals surface area contributed by atoms with Gasteiger partial charge in [-0.25, -0.2) is 4.39 Å². The lowest BCUT2D eigenvalue weighted by molar-refractivity contribution is 0.0998. The van der Waals surface area contributed by atoms with Gasteiger partial charge in [-0.15, -0.1) is 0 Å². The second-order valence-electron chi connectivity index (χ2n) is 2.93. The molecule has 0 atom stereocenters. The molecule has 0 radical (unpaired) electrons. The van der Waals surface area contributed by atoms with Crippen LogP contribution in [0, 0.1) is 12.7 Å². The van der Waals surface area contributed by atoms with Gasteiger partial charge in [-0.2, -0.15) is 0 Å². The van der Waals surface area contributed by atoms with Crippen LogP contribution in [0.2, 0.25) is 0 Å². The highest BCUT2D eigenvalue weighted by molar-refractivity contribution is 6.00. The van der Waals surface area contributed by atoms with E-state index >= 15 is 0 Å². The minimum Gasteiger partial charge on any atom is -0.496 e. The fraction of sp³-hybridized carbons (Fsp3) is 0.300. The molecule has 0 saturated carbocycles. The Balaban J connectivity index is 3.27. The van der Waals surface area contributed by atoms with Gasteiger partial charge < -0.3 is 10.5 Å². The maximum Gasteiger partial charge on any atom is 0.180 e. The molecule has 0 heterocycles. The monoisotopic (exact) mass is 197 g/mol. The average Bonchev–Trinajstić information content (AvgIpc) is 2.20. The Morgan fingerprint density at radius 2 is 2.21 bits per heavy atom. The molecular weight excluding hydrogens is 185 g/mol. The van der Waals surface area contributed by atoms with Crippen LogP contribution < -0.4 is 10.5 Å². The van der Waals surface area contributed by atoms with E-state index in [4.69, 9.17) is 10.5 Å². The van der Waals surface area contributed by atoms with Crippen molar-refractivity contribution in [3.8, 4) is 5.75 Å². The number of carbonyl (C=O) groups excluding carboxylic acids is 1. The molecule has 0 unspecified atom stereocenters. The van der Waals surface area contributed by atoms with Crippen LogP contribution in [0.3, 0.4) is 0 Å². The number of hydrogen-bond acceptors (Lipinski definition) is 3. The van der Waals surface area contributed by atoms with Crippen LogP contribution in [0.4, 0.5) is 4.39 Å². The van der Waals surface area contributed by atoms with Crippen molar-refractivity contribution in [3.63, 3.8) is 0 Å². The normalized spacial score (nSPS) is 10.0. The Labute approximate surface area is 81.7 Å². The van der Waals surface area contributed by atoms with Crippen molar-refractivity contribution in [2.75, 3.05) is 13.7 Å². The van der Waals surface area contributed by atoms with Crippen LogP contribution in [-0.4, -0.2) is 19.4 Å². The lowest BCUT2D eigenvalue weighted by Gasteiger charge is -2.08. The number of carbonyl (C=O) groups is 1. The molecule has 1 aromatic rings. The van der Waals surface area contributed by atoms with Crippen molar-refractivity contribution in [2.45, 2.75) is 6.92 Å². The first-order valence-corrected chi connectivity index (χ1v) is 4.17. The third-order valence-corrected chi connectivity index (χ3v) is 1.97. The highest BCUT2D eigenvalue weighted by atomic mass is 19.1. The van der Waals surface area contributed by atoms with Crippen LogP contribution in [0.5, 0.6) is 5.75 Å². The summed E-state index contributed by atoms with van der Waals surface area (Å²) in [6.45, 7) is 1.45. The number of halogens is 1. The van der Waals surface area contributed by atoms with Crippen molar-refractivity contribution < 1.29 is 13.9 Å². The molecule has 1 rings (SSSR count). The smallest absolute Gasteiger partial charge is 0.180 e. The van der Waals surface area contributed by atoms with Crippen LogP contribution >= 0.6 is 0 Å². The van der Waals surface area contributed by atoms with Gasteiger partial charge >= 0.3 is 0 Å². The highest BCUT2D eigenvalue weighted by Gasteiger charge is 2.13. The number of hydrogen-bond donors (Lipinski definition) is 1. The van der Waals surface area contributed by atoms with Gasteiger partial charge in [0.15, 0.2) is 5.78 Å². The van der Waals surface area contributed by atoms with E-state index < -0.39 is 5.82 Å². The molecule has 0 saturated heterocycles. The SMILES string of the molecule is COc1cc(C)c(F)cc1C(=O)CN. The molecule has 0 aromatic heterocycles. The van der Waals surface area contributed by atoms with E-state index in [1.54, 1.807) is 6.92 Å². The summed E-state index contributed by atoms with van der Waals surface area (Å²) in [5.41, 5.74) is 5.82. The molecular formula is C10H12FNO2. The van der Waals surface area contributed by atoms with E-state index in [9.17, 15) is 9.18 Å². The van der Waals surface area contributed by atoms with Gasteiger partial charge in [0.05, 0.1) is 19.2 Å². The number of ether oxygens (including phenoxy) is 1. The molecule has 0 amide bonds. The Hall–Kier alpha value is -1.42. The van der Waals surface area contributed by atoms with Crippen molar-refractivity contribution in [2.24, 2.45) is 5.73 Å². The van der Waals surface area contributed by atoms with Crippen molar-refractivity contribution in [1.29, 1.82) is 0 Å². The number of aryl methyl sites for hydroxylation is 1. The van der Waals surface area contributed by atoms with Crippen molar-refractivity contribution in [3.05, 3.63) is 29.1 Å².